The van der Waals surface area contributed by atoms with Gasteiger partial charge in [0.25, 0.3) is 0 Å². The number of carbonyl (C=O) groups is 1. The van der Waals surface area contributed by atoms with Gasteiger partial charge in [-0.2, -0.15) is 0 Å². The van der Waals surface area contributed by atoms with E-state index in [2.05, 4.69) is 28.5 Å². The number of anilines is 1. The van der Waals surface area contributed by atoms with Gasteiger partial charge >= 0.3 is 0 Å². The molecule has 150 valence electrons. The highest BCUT2D eigenvalue weighted by Crippen LogP contribution is 2.34. The Balaban J connectivity index is 1.59. The number of morpholine rings is 1. The molecule has 0 radical (unpaired) electrons. The molecule has 0 aromatic heterocycles. The van der Waals surface area contributed by atoms with E-state index in [1.165, 1.54) is 37.7 Å². The number of benzene rings is 1. The summed E-state index contributed by atoms with van der Waals surface area (Å²) >= 11 is 0. The number of amides is 1. The molecule has 27 heavy (non-hydrogen) atoms. The molecule has 1 aromatic carbocycles. The zero-order chi connectivity index (χ0) is 19.3. The second-order valence-electron chi connectivity index (χ2n) is 8.29. The van der Waals surface area contributed by atoms with Crippen LogP contribution in [-0.2, 0) is 9.53 Å². The molecule has 1 aliphatic heterocycles. The summed E-state index contributed by atoms with van der Waals surface area (Å²) in [7, 11) is 0. The number of nitrogens with zero attached hydrogens (tertiary/aromatic N) is 1. The molecule has 1 aliphatic carbocycles. The average molecular weight is 374 g/mol. The average Bonchev–Trinajstić information content (AvgIpc) is 2.69. The highest BCUT2D eigenvalue weighted by atomic mass is 16.5. The van der Waals surface area contributed by atoms with Gasteiger partial charge in [0, 0.05) is 30.9 Å². The predicted octanol–water partition coefficient (Wildman–Crippen LogP) is 3.26. The number of ether oxygens (including phenoxy) is 1. The van der Waals surface area contributed by atoms with Gasteiger partial charge in [-0.15, -0.1) is 0 Å². The van der Waals surface area contributed by atoms with Gasteiger partial charge in [-0.05, 0) is 45.2 Å². The third-order valence-corrected chi connectivity index (χ3v) is 6.24. The van der Waals surface area contributed by atoms with Crippen LogP contribution in [0.15, 0.2) is 18.2 Å². The number of rotatable bonds is 6. The number of hydrogen-bond donors (Lipinski definition) is 2. The summed E-state index contributed by atoms with van der Waals surface area (Å²) in [5.74, 6) is 0.0369. The Morgan fingerprint density at radius 2 is 1.89 bits per heavy atom. The van der Waals surface area contributed by atoms with Crippen LogP contribution in [0.2, 0.25) is 0 Å². The lowest BCUT2D eigenvalue weighted by Crippen LogP contribution is -2.60. The summed E-state index contributed by atoms with van der Waals surface area (Å²) in [4.78, 5) is 15.3. The van der Waals surface area contributed by atoms with E-state index in [9.17, 15) is 4.79 Å². The Morgan fingerprint density at radius 3 is 2.56 bits per heavy atom. The van der Waals surface area contributed by atoms with Crippen LogP contribution in [0.3, 0.4) is 0 Å². The molecule has 1 aromatic rings. The zero-order valence-electron chi connectivity index (χ0n) is 17.1. The molecule has 0 spiro atoms. The highest BCUT2D eigenvalue weighted by Gasteiger charge is 2.38. The molecule has 1 saturated heterocycles. The first-order valence-corrected chi connectivity index (χ1v) is 10.4. The van der Waals surface area contributed by atoms with Gasteiger partial charge in [-0.1, -0.05) is 37.0 Å². The molecule has 5 heteroatoms. The minimum absolute atomic E-state index is 0.0369. The Bertz CT molecular complexity index is 634. The topological polar surface area (TPSA) is 53.6 Å². The summed E-state index contributed by atoms with van der Waals surface area (Å²) < 4.78 is 5.56. The van der Waals surface area contributed by atoms with E-state index < -0.39 is 0 Å². The van der Waals surface area contributed by atoms with Crippen LogP contribution in [0.4, 0.5) is 5.69 Å². The van der Waals surface area contributed by atoms with Crippen molar-refractivity contribution in [1.82, 2.24) is 10.2 Å². The van der Waals surface area contributed by atoms with Gasteiger partial charge < -0.3 is 15.4 Å². The van der Waals surface area contributed by atoms with Crippen LogP contribution in [0, 0.1) is 13.8 Å². The third-order valence-electron chi connectivity index (χ3n) is 6.24. The van der Waals surface area contributed by atoms with E-state index in [0.29, 0.717) is 0 Å². The molecule has 1 unspecified atom stereocenters. The molecule has 1 saturated carbocycles. The first kappa shape index (κ1) is 20.3. The smallest absolute Gasteiger partial charge is 0.241 e. The van der Waals surface area contributed by atoms with Crippen LogP contribution in [-0.4, -0.2) is 55.2 Å². The van der Waals surface area contributed by atoms with E-state index in [1.54, 1.807) is 0 Å². The van der Waals surface area contributed by atoms with E-state index in [0.717, 1.165) is 44.1 Å². The van der Waals surface area contributed by atoms with Crippen LogP contribution < -0.4 is 10.6 Å². The van der Waals surface area contributed by atoms with Crippen molar-refractivity contribution in [2.75, 3.05) is 38.2 Å². The molecular formula is C22H35N3O2. The Kier molecular flexibility index (Phi) is 6.90. The maximum Gasteiger partial charge on any atom is 0.241 e. The SMILES string of the molecule is Cc1ccc(NC(=O)C(C)NCC2(N3CCOCC3)CCCCC2)c(C)c1. The number of carbonyl (C=O) groups excluding carboxylic acids is 1. The van der Waals surface area contributed by atoms with Gasteiger partial charge in [0.1, 0.15) is 0 Å². The Labute approximate surface area is 163 Å². The molecule has 5 nitrogen and oxygen atoms in total. The van der Waals surface area contributed by atoms with Crippen molar-refractivity contribution >= 4 is 11.6 Å². The van der Waals surface area contributed by atoms with Crippen LogP contribution >= 0.6 is 0 Å². The van der Waals surface area contributed by atoms with Gasteiger partial charge in [0.2, 0.25) is 5.91 Å². The van der Waals surface area contributed by atoms with Crippen molar-refractivity contribution < 1.29 is 9.53 Å². The van der Waals surface area contributed by atoms with E-state index in [4.69, 9.17) is 4.74 Å². The van der Waals surface area contributed by atoms with Crippen molar-refractivity contribution in [3.8, 4) is 0 Å². The zero-order valence-corrected chi connectivity index (χ0v) is 17.1. The monoisotopic (exact) mass is 373 g/mol. The summed E-state index contributed by atoms with van der Waals surface area (Å²) in [6.45, 7) is 10.6. The number of aryl methyl sites for hydroxylation is 2. The van der Waals surface area contributed by atoms with E-state index in [1.807, 2.05) is 26.0 Å². The fourth-order valence-electron chi connectivity index (χ4n) is 4.48. The molecule has 2 fully saturated rings. The normalized spacial score (nSPS) is 21.6. The second kappa shape index (κ2) is 9.18. The summed E-state index contributed by atoms with van der Waals surface area (Å²) in [5, 5.41) is 6.63. The molecule has 1 atom stereocenters. The molecule has 1 heterocycles. The van der Waals surface area contributed by atoms with Crippen molar-refractivity contribution in [2.24, 2.45) is 0 Å². The summed E-state index contributed by atoms with van der Waals surface area (Å²) in [5.41, 5.74) is 3.39. The fourth-order valence-corrected chi connectivity index (χ4v) is 4.48. The van der Waals surface area contributed by atoms with Crippen LogP contribution in [0.1, 0.15) is 50.2 Å². The van der Waals surface area contributed by atoms with E-state index in [-0.39, 0.29) is 17.5 Å². The van der Waals surface area contributed by atoms with Crippen molar-refractivity contribution in [3.05, 3.63) is 29.3 Å². The molecule has 2 N–H and O–H groups in total. The first-order valence-electron chi connectivity index (χ1n) is 10.4. The largest absolute Gasteiger partial charge is 0.379 e. The second-order valence-corrected chi connectivity index (χ2v) is 8.29. The lowest BCUT2D eigenvalue weighted by atomic mass is 9.79. The van der Waals surface area contributed by atoms with E-state index >= 15 is 0 Å². The maximum atomic E-state index is 12.7. The lowest BCUT2D eigenvalue weighted by molar-refractivity contribution is -0.118. The minimum Gasteiger partial charge on any atom is -0.379 e. The van der Waals surface area contributed by atoms with Crippen LogP contribution in [0.5, 0.6) is 0 Å². The minimum atomic E-state index is -0.217. The Hall–Kier alpha value is -1.43. The van der Waals surface area contributed by atoms with Crippen molar-refractivity contribution in [1.29, 1.82) is 0 Å². The third kappa shape index (κ3) is 5.09. The van der Waals surface area contributed by atoms with Crippen molar-refractivity contribution in [2.45, 2.75) is 64.5 Å². The molecule has 3 rings (SSSR count). The first-order chi connectivity index (χ1) is 13.0. The number of hydrogen-bond acceptors (Lipinski definition) is 4. The molecule has 1 amide bonds. The standard InChI is InChI=1S/C22H35N3O2/c1-17-7-8-20(18(2)15-17)24-21(26)19(3)23-16-22(9-5-4-6-10-22)25-11-13-27-14-12-25/h7-8,15,19,23H,4-6,9-14,16H2,1-3H3,(H,24,26). The van der Waals surface area contributed by atoms with Gasteiger partial charge in [0.15, 0.2) is 0 Å². The molecule has 2 aliphatic rings. The predicted molar refractivity (Wildman–Crippen MR) is 110 cm³/mol. The van der Waals surface area contributed by atoms with Gasteiger partial charge in [-0.25, -0.2) is 0 Å². The molecular weight excluding hydrogens is 338 g/mol. The van der Waals surface area contributed by atoms with Crippen molar-refractivity contribution in [3.63, 3.8) is 0 Å². The summed E-state index contributed by atoms with van der Waals surface area (Å²) in [6, 6.07) is 5.91. The van der Waals surface area contributed by atoms with Crippen LogP contribution in [0.25, 0.3) is 0 Å². The maximum absolute atomic E-state index is 12.7. The van der Waals surface area contributed by atoms with Gasteiger partial charge in [-0.3, -0.25) is 9.69 Å². The van der Waals surface area contributed by atoms with Gasteiger partial charge in [0.05, 0.1) is 19.3 Å². The Morgan fingerprint density at radius 1 is 1.19 bits per heavy atom. The molecule has 0 bridgehead atoms. The lowest BCUT2D eigenvalue weighted by Gasteiger charge is -2.48. The fraction of sp³-hybridized carbons (Fsp3) is 0.682. The highest BCUT2D eigenvalue weighted by molar-refractivity contribution is 5.95. The summed E-state index contributed by atoms with van der Waals surface area (Å²) in [6.07, 6.45) is 6.32. The number of nitrogens with one attached hydrogen (secondary N) is 2. The quantitative estimate of drug-likeness (QED) is 0.804.